The normalized spacial score (nSPS) is 14.7. The molecule has 1 aromatic carbocycles. The molecule has 0 aliphatic heterocycles. The summed E-state index contributed by atoms with van der Waals surface area (Å²) < 4.78 is 0. The predicted octanol–water partition coefficient (Wildman–Crippen LogP) is 2.69. The van der Waals surface area contributed by atoms with Crippen LogP contribution in [0.3, 0.4) is 0 Å². The minimum atomic E-state index is -0.421. The van der Waals surface area contributed by atoms with Gasteiger partial charge >= 0.3 is 0 Å². The lowest BCUT2D eigenvalue weighted by atomic mass is 10.1. The van der Waals surface area contributed by atoms with Gasteiger partial charge in [0.05, 0.1) is 6.10 Å². The number of aliphatic hydroxyl groups is 2. The summed E-state index contributed by atoms with van der Waals surface area (Å²) in [7, 11) is 0. The van der Waals surface area contributed by atoms with Crippen LogP contribution >= 0.6 is 11.8 Å². The predicted molar refractivity (Wildman–Crippen MR) is 68.7 cm³/mol. The first-order valence-electron chi connectivity index (χ1n) is 5.78. The summed E-state index contributed by atoms with van der Waals surface area (Å²) >= 11 is 1.70. The molecule has 0 unspecified atom stereocenters. The summed E-state index contributed by atoms with van der Waals surface area (Å²) in [5.41, 5.74) is 0. The van der Waals surface area contributed by atoms with E-state index < -0.39 is 6.10 Å². The molecule has 2 N–H and O–H groups in total. The average Bonchev–Trinajstić information content (AvgIpc) is 2.30. The minimum absolute atomic E-state index is 0.0523. The van der Waals surface area contributed by atoms with E-state index in [2.05, 4.69) is 19.1 Å². The highest BCUT2D eigenvalue weighted by atomic mass is 32.2. The number of benzene rings is 1. The molecule has 0 bridgehead atoms. The fourth-order valence-electron chi connectivity index (χ4n) is 1.61. The van der Waals surface area contributed by atoms with Gasteiger partial charge in [0.15, 0.2) is 0 Å². The Hall–Kier alpha value is -0.510. The van der Waals surface area contributed by atoms with Crippen LogP contribution in [0.15, 0.2) is 35.2 Å². The van der Waals surface area contributed by atoms with Crippen molar-refractivity contribution in [2.45, 2.75) is 42.4 Å². The van der Waals surface area contributed by atoms with Crippen molar-refractivity contribution in [2.75, 3.05) is 6.61 Å². The van der Waals surface area contributed by atoms with E-state index in [0.717, 1.165) is 12.8 Å². The zero-order valence-corrected chi connectivity index (χ0v) is 10.5. The van der Waals surface area contributed by atoms with Crippen LogP contribution in [-0.4, -0.2) is 28.2 Å². The van der Waals surface area contributed by atoms with Gasteiger partial charge in [-0.1, -0.05) is 31.5 Å². The van der Waals surface area contributed by atoms with E-state index >= 15 is 0 Å². The first-order chi connectivity index (χ1) is 7.77. The van der Waals surface area contributed by atoms with Crippen LogP contribution in [-0.2, 0) is 0 Å². The Morgan fingerprint density at radius 2 is 1.88 bits per heavy atom. The van der Waals surface area contributed by atoms with Crippen molar-refractivity contribution >= 4 is 11.8 Å². The second-order valence-corrected chi connectivity index (χ2v) is 5.15. The zero-order valence-electron chi connectivity index (χ0n) is 9.67. The van der Waals surface area contributed by atoms with Crippen molar-refractivity contribution in [1.29, 1.82) is 0 Å². The maximum Gasteiger partial charge on any atom is 0.0684 e. The summed E-state index contributed by atoms with van der Waals surface area (Å²) in [6.07, 6.45) is 2.06. The molecule has 0 radical (unpaired) electrons. The van der Waals surface area contributed by atoms with E-state index in [1.807, 2.05) is 18.2 Å². The molecule has 16 heavy (non-hydrogen) atoms. The first-order valence-corrected chi connectivity index (χ1v) is 6.66. The second-order valence-electron chi connectivity index (χ2n) is 3.84. The molecule has 0 aliphatic carbocycles. The van der Waals surface area contributed by atoms with Gasteiger partial charge < -0.3 is 10.2 Å². The van der Waals surface area contributed by atoms with Crippen molar-refractivity contribution in [3.05, 3.63) is 30.3 Å². The van der Waals surface area contributed by atoms with Crippen LogP contribution in [0.25, 0.3) is 0 Å². The Kier molecular flexibility index (Phi) is 6.53. The van der Waals surface area contributed by atoms with Gasteiger partial charge in [-0.2, -0.15) is 0 Å². The molecule has 1 rings (SSSR count). The molecule has 0 aliphatic rings. The quantitative estimate of drug-likeness (QED) is 0.720. The molecular formula is C13H20O2S. The van der Waals surface area contributed by atoms with Crippen molar-refractivity contribution in [1.82, 2.24) is 0 Å². The fraction of sp³-hybridized carbons (Fsp3) is 0.538. The maximum atomic E-state index is 9.92. The molecule has 0 fully saturated rings. The van der Waals surface area contributed by atoms with Crippen LogP contribution < -0.4 is 0 Å². The van der Waals surface area contributed by atoms with Crippen molar-refractivity contribution in [3.8, 4) is 0 Å². The molecular weight excluding hydrogens is 220 g/mol. The van der Waals surface area contributed by atoms with Gasteiger partial charge in [0.1, 0.15) is 0 Å². The number of aliphatic hydroxyl groups excluding tert-OH is 2. The molecule has 0 heterocycles. The number of thioether (sulfide) groups is 1. The van der Waals surface area contributed by atoms with Gasteiger partial charge in [-0.05, 0) is 25.0 Å². The van der Waals surface area contributed by atoms with Crippen molar-refractivity contribution < 1.29 is 10.2 Å². The summed E-state index contributed by atoms with van der Waals surface area (Å²) in [6.45, 7) is 2.17. The molecule has 3 heteroatoms. The molecule has 2 atom stereocenters. The summed E-state index contributed by atoms with van der Waals surface area (Å²) in [5.74, 6) is 0. The van der Waals surface area contributed by atoms with Gasteiger partial charge in [-0.3, -0.25) is 0 Å². The van der Waals surface area contributed by atoms with Crippen LogP contribution in [0, 0.1) is 0 Å². The van der Waals surface area contributed by atoms with Gasteiger partial charge in [0.2, 0.25) is 0 Å². The van der Waals surface area contributed by atoms with Gasteiger partial charge in [-0.25, -0.2) is 0 Å². The lowest BCUT2D eigenvalue weighted by Crippen LogP contribution is -2.24. The summed E-state index contributed by atoms with van der Waals surface area (Å²) in [5, 5.41) is 19.0. The van der Waals surface area contributed by atoms with E-state index in [-0.39, 0.29) is 11.9 Å². The monoisotopic (exact) mass is 240 g/mol. The molecule has 0 saturated carbocycles. The average molecular weight is 240 g/mol. The summed E-state index contributed by atoms with van der Waals surface area (Å²) in [6, 6.07) is 10.1. The molecule has 0 aromatic heterocycles. The van der Waals surface area contributed by atoms with E-state index in [4.69, 9.17) is 5.11 Å². The maximum absolute atomic E-state index is 9.92. The van der Waals surface area contributed by atoms with Crippen LogP contribution in [0.5, 0.6) is 0 Å². The fourth-order valence-corrected chi connectivity index (χ4v) is 2.92. The minimum Gasteiger partial charge on any atom is -0.396 e. The lowest BCUT2D eigenvalue weighted by Gasteiger charge is -2.21. The standard InChI is InChI=1S/C13H20O2S/c1-2-6-13(12(15)9-10-14)16-11-7-4-3-5-8-11/h3-5,7-8,12-15H,2,6,9-10H2,1H3/t12-,13-/m0/s1. The number of hydrogen-bond acceptors (Lipinski definition) is 3. The van der Waals surface area contributed by atoms with Crippen molar-refractivity contribution in [3.63, 3.8) is 0 Å². The van der Waals surface area contributed by atoms with Gasteiger partial charge in [0, 0.05) is 16.8 Å². The molecule has 1 aromatic rings. The Labute approximate surface area is 102 Å². The third kappa shape index (κ3) is 4.56. The SMILES string of the molecule is CCC[C@H](Sc1ccccc1)[C@@H](O)CCO. The van der Waals surface area contributed by atoms with Crippen LogP contribution in [0.4, 0.5) is 0 Å². The topological polar surface area (TPSA) is 40.5 Å². The summed E-state index contributed by atoms with van der Waals surface area (Å²) in [4.78, 5) is 1.18. The van der Waals surface area contributed by atoms with E-state index in [1.165, 1.54) is 4.90 Å². The lowest BCUT2D eigenvalue weighted by molar-refractivity contribution is 0.128. The highest BCUT2D eigenvalue weighted by molar-refractivity contribution is 8.00. The van der Waals surface area contributed by atoms with Crippen molar-refractivity contribution in [2.24, 2.45) is 0 Å². The molecule has 0 amide bonds. The number of rotatable bonds is 7. The Morgan fingerprint density at radius 3 is 2.44 bits per heavy atom. The third-order valence-corrected chi connectivity index (χ3v) is 3.85. The zero-order chi connectivity index (χ0) is 11.8. The van der Waals surface area contributed by atoms with E-state index in [0.29, 0.717) is 6.42 Å². The smallest absolute Gasteiger partial charge is 0.0684 e. The Bertz CT molecular complexity index is 277. The van der Waals surface area contributed by atoms with Gasteiger partial charge in [0.25, 0.3) is 0 Å². The Balaban J connectivity index is 2.57. The van der Waals surface area contributed by atoms with E-state index in [1.54, 1.807) is 11.8 Å². The number of hydrogen-bond donors (Lipinski definition) is 2. The molecule has 2 nitrogen and oxygen atoms in total. The second kappa shape index (κ2) is 7.71. The molecule has 90 valence electrons. The highest BCUT2D eigenvalue weighted by Crippen LogP contribution is 2.29. The largest absolute Gasteiger partial charge is 0.396 e. The third-order valence-electron chi connectivity index (χ3n) is 2.46. The van der Waals surface area contributed by atoms with Gasteiger partial charge in [-0.15, -0.1) is 11.8 Å². The first kappa shape index (κ1) is 13.6. The van der Waals surface area contributed by atoms with Crippen LogP contribution in [0.1, 0.15) is 26.2 Å². The van der Waals surface area contributed by atoms with Crippen LogP contribution in [0.2, 0.25) is 0 Å². The highest BCUT2D eigenvalue weighted by Gasteiger charge is 2.18. The van der Waals surface area contributed by atoms with E-state index in [9.17, 15) is 5.11 Å². The molecule has 0 saturated heterocycles. The Morgan fingerprint density at radius 1 is 1.19 bits per heavy atom. The molecule has 0 spiro atoms.